The van der Waals surface area contributed by atoms with Crippen LogP contribution in [0.15, 0.2) is 77.7 Å². The molecule has 6 nitrogen and oxygen atoms in total. The number of benzene rings is 3. The molecule has 164 valence electrons. The molecule has 0 saturated heterocycles. The maximum Gasteiger partial charge on any atom is 0.240 e. The van der Waals surface area contributed by atoms with Crippen LogP contribution in [0.25, 0.3) is 11.1 Å². The van der Waals surface area contributed by atoms with Crippen molar-refractivity contribution in [3.63, 3.8) is 0 Å². The molecule has 0 unspecified atom stereocenters. The highest BCUT2D eigenvalue weighted by Crippen LogP contribution is 2.49. The molecule has 3 aromatic carbocycles. The monoisotopic (exact) mass is 440 g/mol. The van der Waals surface area contributed by atoms with E-state index in [-0.39, 0.29) is 13.7 Å². The molecule has 7 heteroatoms. The zero-order valence-electron chi connectivity index (χ0n) is 17.4. The number of sulfonamides is 1. The van der Waals surface area contributed by atoms with Crippen LogP contribution in [0.4, 0.5) is 5.69 Å². The average Bonchev–Trinajstić information content (AvgIpc) is 3.62. The summed E-state index contributed by atoms with van der Waals surface area (Å²) in [6.45, 7) is 0. The van der Waals surface area contributed by atoms with Crippen LogP contribution in [0.2, 0.25) is 0 Å². The van der Waals surface area contributed by atoms with Gasteiger partial charge in [0.2, 0.25) is 15.9 Å². The van der Waals surface area contributed by atoms with Crippen LogP contribution in [-0.2, 0) is 20.2 Å². The number of amides is 1. The summed E-state index contributed by atoms with van der Waals surface area (Å²) >= 11 is 0. The summed E-state index contributed by atoms with van der Waals surface area (Å²) in [5.41, 5.74) is 2.95. The Kier molecular flexibility index (Phi) is 5.56. The van der Waals surface area contributed by atoms with Crippen LogP contribution in [-0.4, -0.2) is 28.5 Å². The van der Waals surface area contributed by atoms with Crippen molar-refractivity contribution in [2.45, 2.75) is 23.2 Å². The standard InChI is InChI=1S/C24H24N2O4S.2H2/c1-25-31(28,29)22-12-6-17(7-13-22)18-4-3-5-20(16-18)26-23(27)24(14-15-24)19-8-10-21(30-2)11-9-19;;/h3-13,16,25H,14-15H2,1-2H3,(H,26,27);2*1H. The number of carbonyl (C=O) groups is 1. The molecular weight excluding hydrogens is 412 g/mol. The number of hydrogen-bond donors (Lipinski definition) is 2. The van der Waals surface area contributed by atoms with Crippen molar-refractivity contribution >= 4 is 21.6 Å². The van der Waals surface area contributed by atoms with E-state index in [0.717, 1.165) is 35.3 Å². The fourth-order valence-electron chi connectivity index (χ4n) is 3.65. The van der Waals surface area contributed by atoms with Crippen LogP contribution in [0.1, 0.15) is 21.3 Å². The van der Waals surface area contributed by atoms with E-state index in [2.05, 4.69) is 10.0 Å². The van der Waals surface area contributed by atoms with Gasteiger partial charge in [-0.3, -0.25) is 4.79 Å². The molecule has 0 heterocycles. The van der Waals surface area contributed by atoms with Crippen molar-refractivity contribution in [1.29, 1.82) is 0 Å². The first-order chi connectivity index (χ1) is 14.9. The summed E-state index contributed by atoms with van der Waals surface area (Å²) < 4.78 is 31.3. The summed E-state index contributed by atoms with van der Waals surface area (Å²) in [7, 11) is -0.474. The van der Waals surface area contributed by atoms with Crippen molar-refractivity contribution in [1.82, 2.24) is 4.72 Å². The van der Waals surface area contributed by atoms with Crippen LogP contribution < -0.4 is 14.8 Å². The summed E-state index contributed by atoms with van der Waals surface area (Å²) in [4.78, 5) is 13.3. The van der Waals surface area contributed by atoms with Gasteiger partial charge < -0.3 is 10.1 Å². The quantitative estimate of drug-likeness (QED) is 0.569. The van der Waals surface area contributed by atoms with Gasteiger partial charge in [0.1, 0.15) is 5.75 Å². The maximum absolute atomic E-state index is 13.1. The molecule has 3 aromatic rings. The molecule has 0 radical (unpaired) electrons. The lowest BCUT2D eigenvalue weighted by atomic mass is 9.94. The first-order valence-electron chi connectivity index (χ1n) is 9.98. The van der Waals surface area contributed by atoms with E-state index in [1.165, 1.54) is 7.05 Å². The Morgan fingerprint density at radius 3 is 2.23 bits per heavy atom. The van der Waals surface area contributed by atoms with Gasteiger partial charge in [0.25, 0.3) is 0 Å². The second kappa shape index (κ2) is 8.17. The van der Waals surface area contributed by atoms with Gasteiger partial charge in [-0.15, -0.1) is 0 Å². The molecule has 2 N–H and O–H groups in total. The minimum atomic E-state index is -3.48. The minimum Gasteiger partial charge on any atom is -0.497 e. The fourth-order valence-corrected chi connectivity index (χ4v) is 4.38. The number of methoxy groups -OCH3 is 1. The topological polar surface area (TPSA) is 84.5 Å². The number of ether oxygens (including phenoxy) is 1. The van der Waals surface area contributed by atoms with E-state index in [1.807, 2.05) is 48.5 Å². The molecule has 0 atom stereocenters. The van der Waals surface area contributed by atoms with E-state index >= 15 is 0 Å². The third kappa shape index (κ3) is 4.19. The summed E-state index contributed by atoms with van der Waals surface area (Å²) in [6.07, 6.45) is 1.62. The van der Waals surface area contributed by atoms with Crippen LogP contribution in [0.3, 0.4) is 0 Å². The molecule has 0 aliphatic heterocycles. The Labute approximate surface area is 185 Å². The molecular formula is C24H28N2O4S. The van der Waals surface area contributed by atoms with Crippen molar-refractivity contribution in [2.24, 2.45) is 0 Å². The van der Waals surface area contributed by atoms with E-state index in [9.17, 15) is 13.2 Å². The van der Waals surface area contributed by atoms with Gasteiger partial charge in [0.15, 0.2) is 0 Å². The highest BCUT2D eigenvalue weighted by molar-refractivity contribution is 7.89. The summed E-state index contributed by atoms with van der Waals surface area (Å²) in [6, 6.07) is 21.8. The predicted octanol–water partition coefficient (Wildman–Crippen LogP) is 4.43. The van der Waals surface area contributed by atoms with Gasteiger partial charge in [-0.25, -0.2) is 13.1 Å². The second-order valence-electron chi connectivity index (χ2n) is 7.58. The lowest BCUT2D eigenvalue weighted by molar-refractivity contribution is -0.118. The molecule has 1 aliphatic rings. The first kappa shape index (κ1) is 21.1. The fraction of sp³-hybridized carbons (Fsp3) is 0.208. The Morgan fingerprint density at radius 1 is 0.968 bits per heavy atom. The molecule has 31 heavy (non-hydrogen) atoms. The second-order valence-corrected chi connectivity index (χ2v) is 9.46. The number of hydrogen-bond acceptors (Lipinski definition) is 4. The van der Waals surface area contributed by atoms with Gasteiger partial charge in [0.05, 0.1) is 17.4 Å². The average molecular weight is 441 g/mol. The summed E-state index contributed by atoms with van der Waals surface area (Å²) in [5, 5.41) is 3.05. The largest absolute Gasteiger partial charge is 0.497 e. The van der Waals surface area contributed by atoms with Crippen molar-refractivity contribution < 1.29 is 20.8 Å². The van der Waals surface area contributed by atoms with Gasteiger partial charge in [-0.2, -0.15) is 0 Å². The van der Waals surface area contributed by atoms with E-state index in [1.54, 1.807) is 31.4 Å². The normalized spacial score (nSPS) is 14.6. The zero-order valence-corrected chi connectivity index (χ0v) is 18.2. The summed E-state index contributed by atoms with van der Waals surface area (Å²) in [5.74, 6) is 0.742. The number of rotatable bonds is 7. The molecule has 1 aliphatic carbocycles. The van der Waals surface area contributed by atoms with Gasteiger partial charge in [0, 0.05) is 8.54 Å². The van der Waals surface area contributed by atoms with Gasteiger partial charge in [-0.05, 0) is 73.0 Å². The molecule has 1 fully saturated rings. The van der Waals surface area contributed by atoms with E-state index in [4.69, 9.17) is 4.74 Å². The number of nitrogens with one attached hydrogen (secondary N) is 2. The molecule has 4 rings (SSSR count). The maximum atomic E-state index is 13.1. The van der Waals surface area contributed by atoms with Crippen LogP contribution >= 0.6 is 0 Å². The Bertz CT molecular complexity index is 1210. The lowest BCUT2D eigenvalue weighted by Crippen LogP contribution is -2.27. The third-order valence-corrected chi connectivity index (χ3v) is 7.14. The lowest BCUT2D eigenvalue weighted by Gasteiger charge is -2.17. The molecule has 1 amide bonds. The first-order valence-corrected chi connectivity index (χ1v) is 11.5. The molecule has 1 saturated carbocycles. The molecule has 0 spiro atoms. The molecule has 0 aromatic heterocycles. The van der Waals surface area contributed by atoms with Gasteiger partial charge in [-0.1, -0.05) is 36.4 Å². The highest BCUT2D eigenvalue weighted by Gasteiger charge is 2.51. The predicted molar refractivity (Wildman–Crippen MR) is 125 cm³/mol. The van der Waals surface area contributed by atoms with Crippen LogP contribution in [0, 0.1) is 0 Å². The highest BCUT2D eigenvalue weighted by atomic mass is 32.2. The van der Waals surface area contributed by atoms with E-state index in [0.29, 0.717) is 5.69 Å². The SMILES string of the molecule is CNS(=O)(=O)c1ccc(-c2cccc(NC(=O)C3(c4ccc(OC)cc4)CC3)c2)cc1.[HH].[HH]. The van der Waals surface area contributed by atoms with Crippen LogP contribution in [0.5, 0.6) is 5.75 Å². The van der Waals surface area contributed by atoms with Crippen molar-refractivity contribution in [3.8, 4) is 16.9 Å². The van der Waals surface area contributed by atoms with Gasteiger partial charge >= 0.3 is 0 Å². The Balaban J connectivity index is 0.00000193. The van der Waals surface area contributed by atoms with Crippen molar-refractivity contribution in [2.75, 3.05) is 19.5 Å². The van der Waals surface area contributed by atoms with Crippen molar-refractivity contribution in [3.05, 3.63) is 78.4 Å². The number of carbonyl (C=O) groups excluding carboxylic acids is 1. The Morgan fingerprint density at radius 2 is 1.65 bits per heavy atom. The Hall–Kier alpha value is -3.16. The third-order valence-electron chi connectivity index (χ3n) is 5.71. The number of anilines is 1. The minimum absolute atomic E-state index is 0. The van der Waals surface area contributed by atoms with E-state index < -0.39 is 15.4 Å². The smallest absolute Gasteiger partial charge is 0.240 e. The zero-order chi connectivity index (χ0) is 22.1. The molecule has 0 bridgehead atoms.